The highest BCUT2D eigenvalue weighted by molar-refractivity contribution is 6.07. The summed E-state index contributed by atoms with van der Waals surface area (Å²) < 4.78 is 4.86. The lowest BCUT2D eigenvalue weighted by molar-refractivity contribution is -0.137. The van der Waals surface area contributed by atoms with Crippen LogP contribution in [0.25, 0.3) is 0 Å². The van der Waals surface area contributed by atoms with E-state index in [9.17, 15) is 19.2 Å². The van der Waals surface area contributed by atoms with Gasteiger partial charge in [-0.25, -0.2) is 0 Å². The fourth-order valence-corrected chi connectivity index (χ4v) is 3.34. The summed E-state index contributed by atoms with van der Waals surface area (Å²) in [4.78, 5) is 48.0. The number of nitrogens with zero attached hydrogens (tertiary/aromatic N) is 3. The van der Waals surface area contributed by atoms with Gasteiger partial charge in [-0.3, -0.25) is 19.2 Å². The van der Waals surface area contributed by atoms with Crippen LogP contribution in [0.15, 0.2) is 42.9 Å². The summed E-state index contributed by atoms with van der Waals surface area (Å²) in [5.41, 5.74) is 2.03. The highest BCUT2D eigenvalue weighted by Gasteiger charge is 2.17. The van der Waals surface area contributed by atoms with E-state index < -0.39 is 11.9 Å². The lowest BCUT2D eigenvalue weighted by Gasteiger charge is -2.04. The number of carboxylic acids is 1. The van der Waals surface area contributed by atoms with Gasteiger partial charge < -0.3 is 34.8 Å². The topological polar surface area (TPSA) is 139 Å². The molecule has 11 nitrogen and oxygen atoms in total. The van der Waals surface area contributed by atoms with Gasteiger partial charge in [0.1, 0.15) is 17.1 Å². The van der Waals surface area contributed by atoms with Gasteiger partial charge in [0.05, 0.1) is 11.4 Å². The van der Waals surface area contributed by atoms with E-state index in [1.54, 1.807) is 71.6 Å². The number of carbonyl (C=O) groups is 4. The minimum absolute atomic E-state index is 0.0287. The van der Waals surface area contributed by atoms with E-state index >= 15 is 0 Å². The van der Waals surface area contributed by atoms with Crippen molar-refractivity contribution >= 4 is 35.1 Å². The lowest BCUT2D eigenvalue weighted by atomic mass is 10.3. The van der Waals surface area contributed by atoms with Gasteiger partial charge in [0.2, 0.25) is 0 Å². The quantitative estimate of drug-likeness (QED) is 0.365. The van der Waals surface area contributed by atoms with Crippen LogP contribution in [0.1, 0.15) is 44.3 Å². The molecule has 0 radical (unpaired) electrons. The molecule has 0 unspecified atom stereocenters. The van der Waals surface area contributed by atoms with E-state index in [2.05, 4.69) is 16.0 Å². The van der Waals surface area contributed by atoms with Gasteiger partial charge in [-0.2, -0.15) is 0 Å². The maximum atomic E-state index is 12.8. The van der Waals surface area contributed by atoms with Crippen LogP contribution in [-0.2, 0) is 25.9 Å². The molecule has 11 heteroatoms. The fourth-order valence-electron chi connectivity index (χ4n) is 3.34. The van der Waals surface area contributed by atoms with Gasteiger partial charge in [0, 0.05) is 52.7 Å². The van der Waals surface area contributed by atoms with Crippen molar-refractivity contribution in [3.63, 3.8) is 0 Å². The summed E-state index contributed by atoms with van der Waals surface area (Å²) in [6.07, 6.45) is 5.30. The minimum Gasteiger partial charge on any atom is -0.481 e. The van der Waals surface area contributed by atoms with Gasteiger partial charge in [-0.05, 0) is 30.7 Å². The number of carboxylic acid groups (broad SMARTS) is 1. The van der Waals surface area contributed by atoms with Crippen molar-refractivity contribution in [2.24, 2.45) is 21.1 Å². The fraction of sp³-hybridized carbons (Fsp3) is 0.273. The molecule has 0 saturated carbocycles. The first kappa shape index (κ1) is 23.4. The molecule has 0 fully saturated rings. The molecule has 3 aromatic heterocycles. The molecule has 174 valence electrons. The minimum atomic E-state index is -0.920. The molecule has 0 saturated heterocycles. The summed E-state index contributed by atoms with van der Waals surface area (Å²) in [5.74, 6) is -1.98. The second kappa shape index (κ2) is 9.90. The van der Waals surface area contributed by atoms with Crippen molar-refractivity contribution in [1.29, 1.82) is 0 Å². The predicted molar refractivity (Wildman–Crippen MR) is 121 cm³/mol. The first-order chi connectivity index (χ1) is 15.7. The molecule has 3 rings (SSSR count). The zero-order valence-electron chi connectivity index (χ0n) is 18.6. The molecule has 33 heavy (non-hydrogen) atoms. The van der Waals surface area contributed by atoms with Crippen LogP contribution in [0.4, 0.5) is 11.4 Å². The average Bonchev–Trinajstić information content (AvgIpc) is 3.43. The molecule has 3 amide bonds. The predicted octanol–water partition coefficient (Wildman–Crippen LogP) is 1.80. The summed E-state index contributed by atoms with van der Waals surface area (Å²) in [5, 5.41) is 16.8. The van der Waals surface area contributed by atoms with E-state index in [0.717, 1.165) is 0 Å². The first-order valence-electron chi connectivity index (χ1n) is 10.2. The lowest BCUT2D eigenvalue weighted by Crippen LogP contribution is -2.26. The smallest absolute Gasteiger partial charge is 0.303 e. The maximum absolute atomic E-state index is 12.8. The van der Waals surface area contributed by atoms with Crippen molar-refractivity contribution in [2.45, 2.75) is 12.8 Å². The van der Waals surface area contributed by atoms with Gasteiger partial charge in [-0.15, -0.1) is 0 Å². The zero-order chi connectivity index (χ0) is 24.1. The third-order valence-corrected chi connectivity index (χ3v) is 5.02. The Labute approximate surface area is 190 Å². The molecular formula is C22H26N6O5. The Hall–Kier alpha value is -4.28. The van der Waals surface area contributed by atoms with E-state index in [4.69, 9.17) is 5.11 Å². The van der Waals surface area contributed by atoms with E-state index in [0.29, 0.717) is 34.9 Å². The van der Waals surface area contributed by atoms with Crippen molar-refractivity contribution in [3.8, 4) is 0 Å². The Kier molecular flexibility index (Phi) is 7.01. The molecular weight excluding hydrogens is 428 g/mol. The normalized spacial score (nSPS) is 10.6. The monoisotopic (exact) mass is 454 g/mol. The summed E-state index contributed by atoms with van der Waals surface area (Å²) >= 11 is 0. The molecule has 4 N–H and O–H groups in total. The van der Waals surface area contributed by atoms with Crippen LogP contribution < -0.4 is 16.0 Å². The van der Waals surface area contributed by atoms with Crippen LogP contribution in [0.3, 0.4) is 0 Å². The standard InChI is InChI=1S/C22H26N6O5/c1-26-9-5-6-16(26)21(32)24-15-11-18(28(3)13-15)22(33)25-14-10-17(27(2)12-14)20(31)23-8-4-7-19(29)30/h5-6,9-13H,4,7-8H2,1-3H3,(H,23,31)(H,24,32)(H,25,33)(H,29,30). The van der Waals surface area contributed by atoms with Crippen LogP contribution in [0, 0.1) is 0 Å². The number of hydrogen-bond donors (Lipinski definition) is 4. The van der Waals surface area contributed by atoms with E-state index in [1.807, 2.05) is 0 Å². The van der Waals surface area contributed by atoms with Crippen molar-refractivity contribution in [2.75, 3.05) is 17.2 Å². The molecule has 0 bridgehead atoms. The van der Waals surface area contributed by atoms with Crippen LogP contribution in [0.5, 0.6) is 0 Å². The van der Waals surface area contributed by atoms with E-state index in [1.165, 1.54) is 6.07 Å². The Balaban J connectivity index is 1.63. The van der Waals surface area contributed by atoms with Crippen molar-refractivity contribution in [3.05, 3.63) is 59.9 Å². The van der Waals surface area contributed by atoms with E-state index in [-0.39, 0.29) is 24.8 Å². The summed E-state index contributed by atoms with van der Waals surface area (Å²) in [6, 6.07) is 6.56. The Morgan fingerprint density at radius 3 is 1.88 bits per heavy atom. The Morgan fingerprint density at radius 1 is 0.818 bits per heavy atom. The molecule has 0 spiro atoms. The average molecular weight is 454 g/mol. The SMILES string of the molecule is Cn1cc(NC(=O)c2cc(NC(=O)c3cccn3C)cn2C)cc1C(=O)NCCCC(=O)O. The van der Waals surface area contributed by atoms with Crippen LogP contribution >= 0.6 is 0 Å². The molecule has 0 aromatic carbocycles. The van der Waals surface area contributed by atoms with Crippen molar-refractivity contribution < 1.29 is 24.3 Å². The molecule has 0 aliphatic heterocycles. The highest BCUT2D eigenvalue weighted by Crippen LogP contribution is 2.18. The van der Waals surface area contributed by atoms with Crippen LogP contribution in [0.2, 0.25) is 0 Å². The Bertz CT molecular complexity index is 1200. The summed E-state index contributed by atoms with van der Waals surface area (Å²) in [7, 11) is 5.12. The number of anilines is 2. The molecule has 0 aliphatic carbocycles. The first-order valence-corrected chi connectivity index (χ1v) is 10.2. The number of nitrogens with one attached hydrogen (secondary N) is 3. The number of aryl methyl sites for hydroxylation is 3. The number of hydrogen-bond acceptors (Lipinski definition) is 4. The molecule has 3 aromatic rings. The van der Waals surface area contributed by atoms with Gasteiger partial charge in [0.15, 0.2) is 0 Å². The number of carbonyl (C=O) groups excluding carboxylic acids is 3. The zero-order valence-corrected chi connectivity index (χ0v) is 18.6. The third-order valence-electron chi connectivity index (χ3n) is 5.02. The highest BCUT2D eigenvalue weighted by atomic mass is 16.4. The largest absolute Gasteiger partial charge is 0.481 e. The summed E-state index contributed by atoms with van der Waals surface area (Å²) in [6.45, 7) is 0.235. The third kappa shape index (κ3) is 5.70. The van der Waals surface area contributed by atoms with Gasteiger partial charge in [-0.1, -0.05) is 0 Å². The molecule has 3 heterocycles. The van der Waals surface area contributed by atoms with Gasteiger partial charge in [0.25, 0.3) is 17.7 Å². The molecule has 0 atom stereocenters. The number of aliphatic carboxylic acids is 1. The van der Waals surface area contributed by atoms with Crippen molar-refractivity contribution in [1.82, 2.24) is 19.0 Å². The molecule has 0 aliphatic rings. The van der Waals surface area contributed by atoms with Gasteiger partial charge >= 0.3 is 5.97 Å². The Morgan fingerprint density at radius 2 is 1.36 bits per heavy atom. The maximum Gasteiger partial charge on any atom is 0.303 e. The number of rotatable bonds is 9. The number of amides is 3. The van der Waals surface area contributed by atoms with Crippen LogP contribution in [-0.4, -0.2) is 49.0 Å². The second-order valence-corrected chi connectivity index (χ2v) is 7.62. The second-order valence-electron chi connectivity index (χ2n) is 7.62. The number of aromatic nitrogens is 3.